The smallest absolute Gasteiger partial charge is 0.310 e. The van der Waals surface area contributed by atoms with Gasteiger partial charge in [-0.3, -0.25) is 9.69 Å². The Balaban J connectivity index is 1.32. The molecule has 5 rings (SSSR count). The minimum absolute atomic E-state index is 0.0220. The number of hydrogen-bond donors (Lipinski definition) is 0. The summed E-state index contributed by atoms with van der Waals surface area (Å²) in [5.74, 6) is 0.972. The third-order valence-electron chi connectivity index (χ3n) is 6.69. The zero-order valence-electron chi connectivity index (χ0n) is 20.1. The van der Waals surface area contributed by atoms with Crippen LogP contribution in [0.1, 0.15) is 37.4 Å². The molecular weight excluding hydrogens is 428 g/mol. The number of fused-ring (bicyclic) bond motifs is 1. The lowest BCUT2D eigenvalue weighted by Crippen LogP contribution is -2.23. The fourth-order valence-corrected chi connectivity index (χ4v) is 4.87. The number of carbonyl (C=O) groups is 1. The summed E-state index contributed by atoms with van der Waals surface area (Å²) in [6.07, 6.45) is 2.96. The number of methoxy groups -OCH3 is 1. The van der Waals surface area contributed by atoms with Crippen LogP contribution in [-0.4, -0.2) is 45.8 Å². The van der Waals surface area contributed by atoms with E-state index in [9.17, 15) is 4.79 Å². The van der Waals surface area contributed by atoms with Crippen molar-refractivity contribution in [2.24, 2.45) is 5.92 Å². The fraction of sp³-hybridized carbons (Fsp3) is 0.370. The molecule has 176 valence electrons. The highest BCUT2D eigenvalue weighted by Gasteiger charge is 2.29. The zero-order valence-corrected chi connectivity index (χ0v) is 20.1. The maximum Gasteiger partial charge on any atom is 0.310 e. The van der Waals surface area contributed by atoms with Crippen molar-refractivity contribution in [1.82, 2.24) is 19.6 Å². The lowest BCUT2D eigenvalue weighted by Gasteiger charge is -2.16. The van der Waals surface area contributed by atoms with Gasteiger partial charge in [0.2, 0.25) is 5.82 Å². The summed E-state index contributed by atoms with van der Waals surface area (Å²) in [4.78, 5) is 18.8. The minimum atomic E-state index is -0.112. The zero-order chi connectivity index (χ0) is 23.8. The molecule has 0 spiro atoms. The predicted molar refractivity (Wildman–Crippen MR) is 131 cm³/mol. The van der Waals surface area contributed by atoms with E-state index in [4.69, 9.17) is 9.26 Å². The minimum Gasteiger partial charge on any atom is -0.469 e. The van der Waals surface area contributed by atoms with E-state index in [1.165, 1.54) is 18.2 Å². The van der Waals surface area contributed by atoms with Crippen LogP contribution in [0, 0.1) is 12.8 Å². The Kier molecular flexibility index (Phi) is 5.96. The molecule has 0 N–H and O–H groups in total. The summed E-state index contributed by atoms with van der Waals surface area (Å²) in [6.45, 7) is 8.87. The second-order valence-electron chi connectivity index (χ2n) is 9.41. The SMILES string of the molecule is COC(=O)[C@H]1CCN(Cc2ccc(-c3noc(-c4ccc5c(ccn5C(C)C)c4)n3)c(C)c2)C1. The van der Waals surface area contributed by atoms with Gasteiger partial charge in [-0.15, -0.1) is 0 Å². The normalized spacial score (nSPS) is 16.6. The summed E-state index contributed by atoms with van der Waals surface area (Å²) in [7, 11) is 1.46. The van der Waals surface area contributed by atoms with E-state index in [0.29, 0.717) is 17.8 Å². The van der Waals surface area contributed by atoms with Crippen LogP contribution in [0.15, 0.2) is 53.2 Å². The van der Waals surface area contributed by atoms with Crippen molar-refractivity contribution in [3.05, 3.63) is 59.8 Å². The van der Waals surface area contributed by atoms with Gasteiger partial charge >= 0.3 is 5.97 Å². The molecule has 1 atom stereocenters. The first-order valence-electron chi connectivity index (χ1n) is 11.8. The molecule has 34 heavy (non-hydrogen) atoms. The molecule has 1 fully saturated rings. The van der Waals surface area contributed by atoms with Gasteiger partial charge in [-0.2, -0.15) is 4.98 Å². The molecule has 0 unspecified atom stereocenters. The van der Waals surface area contributed by atoms with Gasteiger partial charge in [-0.1, -0.05) is 23.4 Å². The molecule has 1 aliphatic heterocycles. The van der Waals surface area contributed by atoms with E-state index in [2.05, 4.69) is 83.0 Å². The predicted octanol–water partition coefficient (Wildman–Crippen LogP) is 5.24. The van der Waals surface area contributed by atoms with Crippen molar-refractivity contribution in [2.75, 3.05) is 20.2 Å². The molecule has 1 aliphatic rings. The average molecular weight is 459 g/mol. The number of aryl methyl sites for hydroxylation is 1. The van der Waals surface area contributed by atoms with E-state index >= 15 is 0 Å². The topological polar surface area (TPSA) is 73.4 Å². The summed E-state index contributed by atoms with van der Waals surface area (Å²) >= 11 is 0. The number of carbonyl (C=O) groups excluding carboxylic acids is 1. The van der Waals surface area contributed by atoms with Crippen molar-refractivity contribution in [3.63, 3.8) is 0 Å². The molecule has 0 saturated carbocycles. The Bertz CT molecular complexity index is 1340. The van der Waals surface area contributed by atoms with E-state index in [1.807, 2.05) is 6.07 Å². The first-order valence-corrected chi connectivity index (χ1v) is 11.8. The number of likely N-dealkylation sites (tertiary alicyclic amines) is 1. The van der Waals surface area contributed by atoms with Crippen LogP contribution in [-0.2, 0) is 16.1 Å². The number of aromatic nitrogens is 3. The van der Waals surface area contributed by atoms with Gasteiger partial charge in [-0.25, -0.2) is 0 Å². The Labute approximate surface area is 199 Å². The van der Waals surface area contributed by atoms with Crippen molar-refractivity contribution in [2.45, 2.75) is 39.8 Å². The van der Waals surface area contributed by atoms with E-state index in [1.54, 1.807) is 0 Å². The lowest BCUT2D eigenvalue weighted by atomic mass is 10.0. The Morgan fingerprint density at radius 2 is 2.06 bits per heavy atom. The van der Waals surface area contributed by atoms with Crippen LogP contribution in [0.5, 0.6) is 0 Å². The summed E-state index contributed by atoms with van der Waals surface area (Å²) in [5.41, 5.74) is 5.37. The first-order chi connectivity index (χ1) is 16.4. The van der Waals surface area contributed by atoms with Crippen molar-refractivity contribution in [3.8, 4) is 22.8 Å². The molecule has 4 aromatic rings. The van der Waals surface area contributed by atoms with Gasteiger partial charge in [0.1, 0.15) is 0 Å². The van der Waals surface area contributed by atoms with Gasteiger partial charge in [0, 0.05) is 47.4 Å². The van der Waals surface area contributed by atoms with Crippen LogP contribution in [0.25, 0.3) is 33.7 Å². The van der Waals surface area contributed by atoms with Crippen LogP contribution >= 0.6 is 0 Å². The molecule has 0 radical (unpaired) electrons. The number of nitrogens with zero attached hydrogens (tertiary/aromatic N) is 4. The number of rotatable bonds is 6. The quantitative estimate of drug-likeness (QED) is 0.368. The lowest BCUT2D eigenvalue weighted by molar-refractivity contribution is -0.144. The van der Waals surface area contributed by atoms with Crippen LogP contribution in [0.2, 0.25) is 0 Å². The summed E-state index contributed by atoms with van der Waals surface area (Å²) < 4.78 is 12.8. The summed E-state index contributed by atoms with van der Waals surface area (Å²) in [6, 6.07) is 15.1. The second-order valence-corrected chi connectivity index (χ2v) is 9.41. The monoisotopic (exact) mass is 458 g/mol. The molecular formula is C27H30N4O3. The van der Waals surface area contributed by atoms with Crippen molar-refractivity contribution < 1.29 is 14.1 Å². The fourth-order valence-electron chi connectivity index (χ4n) is 4.87. The molecule has 1 saturated heterocycles. The van der Waals surface area contributed by atoms with Crippen LogP contribution in [0.3, 0.4) is 0 Å². The van der Waals surface area contributed by atoms with Crippen LogP contribution < -0.4 is 0 Å². The Morgan fingerprint density at radius 3 is 2.82 bits per heavy atom. The first kappa shape index (κ1) is 22.3. The maximum atomic E-state index is 11.8. The van der Waals surface area contributed by atoms with Gasteiger partial charge in [0.25, 0.3) is 5.89 Å². The number of ether oxygens (including phenoxy) is 1. The Morgan fingerprint density at radius 1 is 1.21 bits per heavy atom. The third kappa shape index (κ3) is 4.23. The largest absolute Gasteiger partial charge is 0.469 e. The van der Waals surface area contributed by atoms with E-state index < -0.39 is 0 Å². The molecule has 2 aromatic carbocycles. The molecule has 0 bridgehead atoms. The van der Waals surface area contributed by atoms with Crippen molar-refractivity contribution in [1.29, 1.82) is 0 Å². The van der Waals surface area contributed by atoms with Gasteiger partial charge in [0.15, 0.2) is 0 Å². The third-order valence-corrected chi connectivity index (χ3v) is 6.69. The van der Waals surface area contributed by atoms with Gasteiger partial charge in [-0.05, 0) is 69.1 Å². The highest BCUT2D eigenvalue weighted by atomic mass is 16.5. The molecule has 7 heteroatoms. The average Bonchev–Trinajstić information content (AvgIpc) is 3.57. The van der Waals surface area contributed by atoms with E-state index in [-0.39, 0.29) is 11.9 Å². The highest BCUT2D eigenvalue weighted by molar-refractivity contribution is 5.84. The summed E-state index contributed by atoms with van der Waals surface area (Å²) in [5, 5.41) is 5.41. The maximum absolute atomic E-state index is 11.8. The number of esters is 1. The molecule has 7 nitrogen and oxygen atoms in total. The highest BCUT2D eigenvalue weighted by Crippen LogP contribution is 2.29. The molecule has 3 heterocycles. The second kappa shape index (κ2) is 9.06. The van der Waals surface area contributed by atoms with Crippen molar-refractivity contribution >= 4 is 16.9 Å². The van der Waals surface area contributed by atoms with Crippen LogP contribution in [0.4, 0.5) is 0 Å². The van der Waals surface area contributed by atoms with Gasteiger partial charge in [0.05, 0.1) is 13.0 Å². The molecule has 0 amide bonds. The Hall–Kier alpha value is -3.45. The van der Waals surface area contributed by atoms with Gasteiger partial charge < -0.3 is 13.8 Å². The molecule has 2 aromatic heterocycles. The van der Waals surface area contributed by atoms with E-state index in [0.717, 1.165) is 48.1 Å². The number of benzene rings is 2. The standard InChI is InChI=1S/C27H30N4O3/c1-17(2)31-12-10-20-14-21(6-8-24(20)31)26-28-25(29-34-26)23-7-5-19(13-18(23)3)15-30-11-9-22(16-30)27(32)33-4/h5-8,10,12-14,17,22H,9,11,15-16H2,1-4H3/t22-/m0/s1. The number of hydrogen-bond acceptors (Lipinski definition) is 6. The molecule has 0 aliphatic carbocycles.